The normalized spacial score (nSPS) is 51.0. The third-order valence-electron chi connectivity index (χ3n) is 20.6. The van der Waals surface area contributed by atoms with Crippen molar-refractivity contribution in [3.8, 4) is 0 Å². The molecule has 4 aliphatic heterocycles. The van der Waals surface area contributed by atoms with E-state index in [4.69, 9.17) is 37.9 Å². The summed E-state index contributed by atoms with van der Waals surface area (Å²) in [6, 6.07) is 0. The third-order valence-corrected chi connectivity index (χ3v) is 20.6. The first-order valence-corrected chi connectivity index (χ1v) is 27.9. The van der Waals surface area contributed by atoms with Gasteiger partial charge in [-0.25, -0.2) is 0 Å². The minimum absolute atomic E-state index is 0.0230. The zero-order valence-electron chi connectivity index (χ0n) is 45.8. The Morgan fingerprint density at radius 2 is 1.22 bits per heavy atom. The number of hydrogen-bond donors (Lipinski definition) is 15. The molecule has 8 rings (SSSR count). The molecule has 4 aliphatic carbocycles. The summed E-state index contributed by atoms with van der Waals surface area (Å²) in [5, 5.41) is 162. The van der Waals surface area contributed by atoms with Crippen molar-refractivity contribution in [3.63, 3.8) is 0 Å². The lowest BCUT2D eigenvalue weighted by atomic mass is 9.38. The monoisotopic (exact) mass is 1110 g/mol. The minimum atomic E-state index is -1.92. The number of aliphatic hydroxyl groups excluding tert-OH is 14. The van der Waals surface area contributed by atoms with Crippen molar-refractivity contribution in [1.82, 2.24) is 0 Å². The van der Waals surface area contributed by atoms with E-state index in [-0.39, 0.29) is 60.1 Å². The van der Waals surface area contributed by atoms with Crippen molar-refractivity contribution >= 4 is 0 Å². The van der Waals surface area contributed by atoms with Gasteiger partial charge in [-0.2, -0.15) is 0 Å². The minimum Gasteiger partial charge on any atom is -0.394 e. The molecule has 0 spiro atoms. The number of ether oxygens (including phenoxy) is 8. The molecule has 0 bridgehead atoms. The smallest absolute Gasteiger partial charge is 0.187 e. The van der Waals surface area contributed by atoms with Crippen LogP contribution < -0.4 is 0 Å². The molecule has 8 aliphatic rings. The number of allylic oxidation sites excluding steroid dienone is 1. The second kappa shape index (κ2) is 23.5. The zero-order valence-corrected chi connectivity index (χ0v) is 45.8. The maximum absolute atomic E-state index is 12.7. The van der Waals surface area contributed by atoms with Gasteiger partial charge in [-0.3, -0.25) is 0 Å². The van der Waals surface area contributed by atoms with Gasteiger partial charge in [-0.05, 0) is 99.7 Å². The summed E-state index contributed by atoms with van der Waals surface area (Å²) in [4.78, 5) is 0. The average Bonchev–Trinajstić information content (AvgIpc) is 3.92. The van der Waals surface area contributed by atoms with E-state index >= 15 is 0 Å². The highest BCUT2D eigenvalue weighted by atomic mass is 16.8. The first-order chi connectivity index (χ1) is 36.0. The van der Waals surface area contributed by atoms with Gasteiger partial charge in [-0.15, -0.1) is 0 Å². The molecule has 0 radical (unpaired) electrons. The molecular weight excluding hydrogens is 1020 g/mol. The van der Waals surface area contributed by atoms with Crippen LogP contribution in [0.5, 0.6) is 0 Å². The van der Waals surface area contributed by atoms with Gasteiger partial charge in [0, 0.05) is 17.3 Å². The Hall–Kier alpha value is -1.18. The first kappa shape index (κ1) is 61.9. The van der Waals surface area contributed by atoms with E-state index < -0.39 is 165 Å². The fourth-order valence-corrected chi connectivity index (χ4v) is 15.6. The Kier molecular flexibility index (Phi) is 18.9. The zero-order chi connectivity index (χ0) is 56.6. The largest absolute Gasteiger partial charge is 0.394 e. The Labute approximate surface area is 450 Å². The van der Waals surface area contributed by atoms with Gasteiger partial charge in [0.15, 0.2) is 25.2 Å². The molecule has 3 unspecified atom stereocenters. The lowest BCUT2D eigenvalue weighted by molar-refractivity contribution is -0.380. The molecule has 3 saturated carbocycles. The lowest BCUT2D eigenvalue weighted by Crippen LogP contribution is -2.65. The molecule has 29 atom stereocenters. The van der Waals surface area contributed by atoms with E-state index in [0.29, 0.717) is 19.3 Å². The maximum atomic E-state index is 12.7. The molecule has 4 heterocycles. The second-order valence-corrected chi connectivity index (χ2v) is 25.8. The molecule has 4 saturated heterocycles. The molecule has 15 N–H and O–H groups in total. The van der Waals surface area contributed by atoms with E-state index in [1.54, 1.807) is 0 Å². The van der Waals surface area contributed by atoms with Gasteiger partial charge in [-0.1, -0.05) is 53.2 Å². The SMILES string of the molecule is C[C@H](CC[C@@H](O[C@@H]1O[C@H](CO[C@H]2O[C@H](CO)[C@@H](O)[C@H](O)[C@H]2O)[C@@H](O)[C@H](O)[C@H]1O[C@@H]1O[C@H](CO)[C@@H](O)[C@H](O)[C@H]1O)C(C)(C)O)C1CC[C@@]2(C)C3CC=C4C(CC[C@H](O[C@@H]5O[C@H](CO)C[C@H](O)[C@H]5O)C4(C)C)[C@]3(C)[C@H](O)C[C@]12C. The average molecular weight is 1110 g/mol. The molecule has 77 heavy (non-hydrogen) atoms. The molecule has 23 nitrogen and oxygen atoms in total. The Morgan fingerprint density at radius 3 is 1.83 bits per heavy atom. The van der Waals surface area contributed by atoms with Crippen LogP contribution in [0.4, 0.5) is 0 Å². The molecule has 446 valence electrons. The van der Waals surface area contributed by atoms with E-state index in [1.807, 2.05) is 0 Å². The van der Waals surface area contributed by atoms with Crippen LogP contribution in [-0.4, -0.2) is 244 Å². The van der Waals surface area contributed by atoms with Crippen LogP contribution in [0.2, 0.25) is 0 Å². The van der Waals surface area contributed by atoms with Gasteiger partial charge < -0.3 is 114 Å². The highest BCUT2D eigenvalue weighted by Crippen LogP contribution is 2.75. The topological polar surface area (TPSA) is 377 Å². The van der Waals surface area contributed by atoms with Gasteiger partial charge in [0.2, 0.25) is 0 Å². The highest BCUT2D eigenvalue weighted by molar-refractivity contribution is 5.32. The quantitative estimate of drug-likeness (QED) is 0.0687. The van der Waals surface area contributed by atoms with Crippen LogP contribution in [0.25, 0.3) is 0 Å². The van der Waals surface area contributed by atoms with Gasteiger partial charge in [0.25, 0.3) is 0 Å². The molecule has 0 aromatic heterocycles. The summed E-state index contributed by atoms with van der Waals surface area (Å²) >= 11 is 0. The van der Waals surface area contributed by atoms with E-state index in [9.17, 15) is 76.6 Å². The fraction of sp³-hybridized carbons (Fsp3) is 0.963. The van der Waals surface area contributed by atoms with Crippen molar-refractivity contribution in [3.05, 3.63) is 11.6 Å². The molecule has 7 fully saturated rings. The summed E-state index contributed by atoms with van der Waals surface area (Å²) in [7, 11) is 0. The summed E-state index contributed by atoms with van der Waals surface area (Å²) in [6.45, 7) is 14.0. The van der Waals surface area contributed by atoms with Crippen LogP contribution in [-0.2, 0) is 37.9 Å². The van der Waals surface area contributed by atoms with Crippen molar-refractivity contribution in [2.45, 2.75) is 254 Å². The van der Waals surface area contributed by atoms with Crippen molar-refractivity contribution in [2.24, 2.45) is 45.3 Å². The predicted molar refractivity (Wildman–Crippen MR) is 266 cm³/mol. The molecule has 0 aromatic rings. The van der Waals surface area contributed by atoms with Crippen molar-refractivity contribution in [1.29, 1.82) is 0 Å². The summed E-state index contributed by atoms with van der Waals surface area (Å²) in [5.74, 6) is 0.336. The summed E-state index contributed by atoms with van der Waals surface area (Å²) < 4.78 is 48.0. The first-order valence-electron chi connectivity index (χ1n) is 27.9. The number of aliphatic hydroxyl groups is 15. The summed E-state index contributed by atoms with van der Waals surface area (Å²) in [6.07, 6.45) is -24.1. The maximum Gasteiger partial charge on any atom is 0.187 e. The summed E-state index contributed by atoms with van der Waals surface area (Å²) in [5.41, 5.74) is -1.85. The molecule has 23 heteroatoms. The molecule has 0 amide bonds. The van der Waals surface area contributed by atoms with Crippen molar-refractivity contribution < 1.29 is 114 Å². The highest BCUT2D eigenvalue weighted by Gasteiger charge is 2.70. The van der Waals surface area contributed by atoms with Crippen LogP contribution in [0.15, 0.2) is 11.6 Å². The standard InChI is InChI=1S/C54H92O23/c1-23(25-15-16-52(6)32-12-10-26-27(54(32,8)33(59)18-53(25,52)7)11-14-34(50(26,2)3)75-47-36(60)28(58)17-24(19-55)71-47)9-13-35(51(4,5)69)76-49-45(77-48-44(68)41(65)38(62)30(21-57)73-48)42(66)39(63)31(74-49)22-70-46-43(67)40(64)37(61)29(20-56)72-46/h10,23-25,27-49,55-69H,9,11-22H2,1-8H3/t23-,24+,25?,27?,28+,29-,30-,31-,32?,33-,34+,35-,36-,37-,38-,39-,40+,41+,42+,43-,44-,45-,46+,47+,48+,49+,52+,53-,54+/m1/s1. The van der Waals surface area contributed by atoms with E-state index in [1.165, 1.54) is 19.4 Å². The van der Waals surface area contributed by atoms with Crippen LogP contribution in [0, 0.1) is 45.3 Å². The number of fused-ring (bicyclic) bond motifs is 5. The van der Waals surface area contributed by atoms with Crippen LogP contribution in [0.1, 0.15) is 113 Å². The predicted octanol–water partition coefficient (Wildman–Crippen LogP) is -2.20. The molecular formula is C54H92O23. The fourth-order valence-electron chi connectivity index (χ4n) is 15.6. The Morgan fingerprint density at radius 1 is 0.636 bits per heavy atom. The number of hydrogen-bond acceptors (Lipinski definition) is 23. The second-order valence-electron chi connectivity index (χ2n) is 25.8. The van der Waals surface area contributed by atoms with Crippen LogP contribution in [0.3, 0.4) is 0 Å². The lowest BCUT2D eigenvalue weighted by Gasteiger charge is -2.67. The third kappa shape index (κ3) is 11.1. The van der Waals surface area contributed by atoms with Gasteiger partial charge >= 0.3 is 0 Å². The van der Waals surface area contributed by atoms with Gasteiger partial charge in [0.1, 0.15) is 79.4 Å². The van der Waals surface area contributed by atoms with Crippen molar-refractivity contribution in [2.75, 3.05) is 26.4 Å². The van der Waals surface area contributed by atoms with Gasteiger partial charge in [0.05, 0.1) is 62.5 Å². The number of rotatable bonds is 17. The Balaban J connectivity index is 0.987. The van der Waals surface area contributed by atoms with Crippen LogP contribution >= 0.6 is 0 Å². The molecule has 0 aromatic carbocycles. The Bertz CT molecular complexity index is 1990. The van der Waals surface area contributed by atoms with E-state index in [0.717, 1.165) is 25.7 Å². The van der Waals surface area contributed by atoms with E-state index in [2.05, 4.69) is 47.6 Å².